The van der Waals surface area contributed by atoms with Crippen LogP contribution < -0.4 is 10.6 Å². The molecule has 120 valence electrons. The van der Waals surface area contributed by atoms with Crippen molar-refractivity contribution in [2.24, 2.45) is 5.92 Å². The van der Waals surface area contributed by atoms with Crippen LogP contribution in [0.3, 0.4) is 0 Å². The smallest absolute Gasteiger partial charge is 0.253 e. The Morgan fingerprint density at radius 2 is 2.09 bits per heavy atom. The Balaban J connectivity index is 1.99. The van der Waals surface area contributed by atoms with Gasteiger partial charge in [0.15, 0.2) is 0 Å². The summed E-state index contributed by atoms with van der Waals surface area (Å²) in [6.45, 7) is 4.34. The number of nitrogens with one attached hydrogen (secondary N) is 2. The van der Waals surface area contributed by atoms with Gasteiger partial charge < -0.3 is 15.4 Å². The van der Waals surface area contributed by atoms with Crippen LogP contribution in [0.25, 0.3) is 0 Å². The molecule has 1 aromatic rings. The van der Waals surface area contributed by atoms with Gasteiger partial charge in [-0.1, -0.05) is 11.6 Å². The van der Waals surface area contributed by atoms with E-state index in [4.69, 9.17) is 16.3 Å². The molecular weight excluding hydrogens is 304 g/mol. The average Bonchev–Trinajstić information content (AvgIpc) is 3.22. The number of hydrogen-bond donors (Lipinski definition) is 2. The molecule has 1 aliphatic rings. The normalized spacial score (nSPS) is 14.0. The van der Waals surface area contributed by atoms with Crippen LogP contribution in [-0.2, 0) is 9.53 Å². The number of hydrogen-bond acceptors (Lipinski definition) is 3. The maximum atomic E-state index is 12.1. The molecule has 1 saturated carbocycles. The van der Waals surface area contributed by atoms with Gasteiger partial charge in [0.25, 0.3) is 5.91 Å². The summed E-state index contributed by atoms with van der Waals surface area (Å²) in [5, 5.41) is 5.94. The third-order valence-electron chi connectivity index (χ3n) is 3.20. The number of benzene rings is 1. The van der Waals surface area contributed by atoms with Crippen LogP contribution in [0.15, 0.2) is 18.2 Å². The predicted octanol–water partition coefficient (Wildman–Crippen LogP) is 2.84. The van der Waals surface area contributed by atoms with Gasteiger partial charge >= 0.3 is 0 Å². The second-order valence-electron chi connectivity index (χ2n) is 5.82. The first-order valence-electron chi connectivity index (χ1n) is 7.43. The van der Waals surface area contributed by atoms with Gasteiger partial charge in [0.05, 0.1) is 17.9 Å². The Hall–Kier alpha value is -1.59. The number of carbonyl (C=O) groups excluding carboxylic acids is 2. The van der Waals surface area contributed by atoms with E-state index in [1.807, 2.05) is 13.8 Å². The van der Waals surface area contributed by atoms with Gasteiger partial charge in [-0.3, -0.25) is 9.59 Å². The first kappa shape index (κ1) is 16.8. The highest BCUT2D eigenvalue weighted by Gasteiger charge is 2.22. The zero-order chi connectivity index (χ0) is 16.1. The molecule has 1 fully saturated rings. The summed E-state index contributed by atoms with van der Waals surface area (Å²) < 4.78 is 5.34. The fraction of sp³-hybridized carbons (Fsp3) is 0.500. The number of carbonyl (C=O) groups is 2. The van der Waals surface area contributed by atoms with Crippen LogP contribution in [0.2, 0.25) is 5.02 Å². The summed E-state index contributed by atoms with van der Waals surface area (Å²) >= 11 is 5.95. The van der Waals surface area contributed by atoms with Crippen molar-refractivity contribution in [2.45, 2.75) is 32.7 Å². The van der Waals surface area contributed by atoms with Crippen LogP contribution in [0.1, 0.15) is 37.0 Å². The van der Waals surface area contributed by atoms with E-state index in [2.05, 4.69) is 10.6 Å². The third kappa shape index (κ3) is 5.31. The highest BCUT2D eigenvalue weighted by atomic mass is 35.5. The van der Waals surface area contributed by atoms with E-state index >= 15 is 0 Å². The van der Waals surface area contributed by atoms with Gasteiger partial charge in [-0.25, -0.2) is 0 Å². The Morgan fingerprint density at radius 3 is 2.73 bits per heavy atom. The monoisotopic (exact) mass is 324 g/mol. The topological polar surface area (TPSA) is 67.4 Å². The van der Waals surface area contributed by atoms with Gasteiger partial charge in [0.2, 0.25) is 5.91 Å². The van der Waals surface area contributed by atoms with E-state index in [-0.39, 0.29) is 24.5 Å². The lowest BCUT2D eigenvalue weighted by atomic mass is 10.1. The molecule has 0 unspecified atom stereocenters. The first-order chi connectivity index (χ1) is 10.5. The summed E-state index contributed by atoms with van der Waals surface area (Å²) in [6.07, 6.45) is 2.35. The predicted molar refractivity (Wildman–Crippen MR) is 86.2 cm³/mol. The summed E-state index contributed by atoms with van der Waals surface area (Å²) in [6, 6.07) is 4.79. The van der Waals surface area contributed by atoms with E-state index in [0.717, 1.165) is 0 Å². The number of rotatable bonds is 7. The molecular formula is C16H21ClN2O3. The zero-order valence-electron chi connectivity index (χ0n) is 12.8. The molecule has 2 rings (SSSR count). The van der Waals surface area contributed by atoms with Gasteiger partial charge in [-0.05, 0) is 50.8 Å². The largest absolute Gasteiger partial charge is 0.371 e. The number of halogens is 1. The van der Waals surface area contributed by atoms with Gasteiger partial charge in [0, 0.05) is 11.1 Å². The fourth-order valence-corrected chi connectivity index (χ4v) is 2.12. The first-order valence-corrected chi connectivity index (χ1v) is 7.81. The third-order valence-corrected chi connectivity index (χ3v) is 3.44. The SMILES string of the molecule is CC(C)NC(=O)c1ccc(Cl)cc1NC(=O)COCC1CC1. The molecule has 0 saturated heterocycles. The van der Waals surface area contributed by atoms with Gasteiger partial charge in [-0.15, -0.1) is 0 Å². The van der Waals surface area contributed by atoms with Crippen molar-refractivity contribution in [3.63, 3.8) is 0 Å². The highest BCUT2D eigenvalue weighted by Crippen LogP contribution is 2.28. The molecule has 0 aromatic heterocycles. The Labute approximate surface area is 135 Å². The second-order valence-corrected chi connectivity index (χ2v) is 6.26. The molecule has 0 heterocycles. The van der Waals surface area contributed by atoms with E-state index in [1.54, 1.807) is 18.2 Å². The summed E-state index contributed by atoms with van der Waals surface area (Å²) in [5.41, 5.74) is 0.777. The molecule has 0 bridgehead atoms. The number of amides is 2. The van der Waals surface area contributed by atoms with Crippen LogP contribution >= 0.6 is 11.6 Å². The molecule has 0 radical (unpaired) electrons. The minimum Gasteiger partial charge on any atom is -0.371 e. The van der Waals surface area contributed by atoms with Crippen LogP contribution in [0, 0.1) is 5.92 Å². The molecule has 1 aliphatic carbocycles. The van der Waals surface area contributed by atoms with E-state index in [9.17, 15) is 9.59 Å². The Bertz CT molecular complexity index is 556. The van der Waals surface area contributed by atoms with Crippen molar-refractivity contribution in [1.82, 2.24) is 5.32 Å². The summed E-state index contributed by atoms with van der Waals surface area (Å²) in [4.78, 5) is 24.1. The number of anilines is 1. The lowest BCUT2D eigenvalue weighted by Crippen LogP contribution is -2.31. The minimum atomic E-state index is -0.290. The van der Waals surface area contributed by atoms with Crippen molar-refractivity contribution < 1.29 is 14.3 Å². The van der Waals surface area contributed by atoms with Gasteiger partial charge in [0.1, 0.15) is 6.61 Å². The lowest BCUT2D eigenvalue weighted by Gasteiger charge is -2.13. The number of ether oxygens (including phenoxy) is 1. The lowest BCUT2D eigenvalue weighted by molar-refractivity contribution is -0.120. The molecule has 2 N–H and O–H groups in total. The maximum absolute atomic E-state index is 12.1. The fourth-order valence-electron chi connectivity index (χ4n) is 1.95. The maximum Gasteiger partial charge on any atom is 0.253 e. The molecule has 6 heteroatoms. The molecule has 0 atom stereocenters. The van der Waals surface area contributed by atoms with Crippen LogP contribution in [0.4, 0.5) is 5.69 Å². The molecule has 22 heavy (non-hydrogen) atoms. The molecule has 5 nitrogen and oxygen atoms in total. The van der Waals surface area contributed by atoms with Crippen LogP contribution in [-0.4, -0.2) is 31.1 Å². The van der Waals surface area contributed by atoms with Gasteiger partial charge in [-0.2, -0.15) is 0 Å². The second kappa shape index (κ2) is 7.61. The van der Waals surface area contributed by atoms with Crippen molar-refractivity contribution >= 4 is 29.1 Å². The van der Waals surface area contributed by atoms with Crippen molar-refractivity contribution in [2.75, 3.05) is 18.5 Å². The molecule has 0 spiro atoms. The van der Waals surface area contributed by atoms with E-state index < -0.39 is 0 Å². The molecule has 1 aromatic carbocycles. The zero-order valence-corrected chi connectivity index (χ0v) is 13.6. The van der Waals surface area contributed by atoms with Crippen molar-refractivity contribution in [3.05, 3.63) is 28.8 Å². The standard InChI is InChI=1S/C16H21ClN2O3/c1-10(2)18-16(21)13-6-5-12(17)7-14(13)19-15(20)9-22-8-11-3-4-11/h5-7,10-11H,3-4,8-9H2,1-2H3,(H,18,21)(H,19,20). The van der Waals surface area contributed by atoms with Crippen LogP contribution in [0.5, 0.6) is 0 Å². The molecule has 2 amide bonds. The van der Waals surface area contributed by atoms with Crippen molar-refractivity contribution in [1.29, 1.82) is 0 Å². The molecule has 0 aliphatic heterocycles. The van der Waals surface area contributed by atoms with E-state index in [1.165, 1.54) is 12.8 Å². The van der Waals surface area contributed by atoms with E-state index in [0.29, 0.717) is 28.8 Å². The Kier molecular flexibility index (Phi) is 5.80. The average molecular weight is 325 g/mol. The highest BCUT2D eigenvalue weighted by molar-refractivity contribution is 6.31. The minimum absolute atomic E-state index is 0.00797. The summed E-state index contributed by atoms with van der Waals surface area (Å²) in [7, 11) is 0. The summed E-state index contributed by atoms with van der Waals surface area (Å²) in [5.74, 6) is 0.0636. The quantitative estimate of drug-likeness (QED) is 0.810. The Morgan fingerprint density at radius 1 is 1.36 bits per heavy atom. The van der Waals surface area contributed by atoms with Crippen molar-refractivity contribution in [3.8, 4) is 0 Å².